The summed E-state index contributed by atoms with van der Waals surface area (Å²) in [5, 5.41) is 6.55. The van der Waals surface area contributed by atoms with E-state index in [-0.39, 0.29) is 17.8 Å². The van der Waals surface area contributed by atoms with Gasteiger partial charge in [0, 0.05) is 12.1 Å². The molecule has 8 nitrogen and oxygen atoms in total. The number of furan rings is 1. The van der Waals surface area contributed by atoms with Crippen molar-refractivity contribution in [2.75, 3.05) is 18.4 Å². The SMILES string of the molecule is CCN(CC(=O)Nc1c(F)cccc1F)C(=O)c1cc(-c2cc(C)oc2C)nc2onc(C)c12. The first-order chi connectivity index (χ1) is 16.2. The van der Waals surface area contributed by atoms with Crippen LogP contribution in [0.3, 0.4) is 0 Å². The number of nitrogens with one attached hydrogen (secondary N) is 1. The smallest absolute Gasteiger partial charge is 0.259 e. The van der Waals surface area contributed by atoms with Gasteiger partial charge < -0.3 is 19.2 Å². The maximum absolute atomic E-state index is 13.9. The number of carbonyl (C=O) groups is 2. The number of pyridine rings is 1. The number of rotatable bonds is 6. The third-order valence-electron chi connectivity index (χ3n) is 5.40. The van der Waals surface area contributed by atoms with Gasteiger partial charge in [-0.05, 0) is 52.0 Å². The normalized spacial score (nSPS) is 11.1. The Morgan fingerprint density at radius 3 is 2.44 bits per heavy atom. The van der Waals surface area contributed by atoms with Crippen molar-refractivity contribution in [1.29, 1.82) is 0 Å². The van der Waals surface area contributed by atoms with E-state index >= 15 is 0 Å². The molecule has 3 heterocycles. The van der Waals surface area contributed by atoms with Gasteiger partial charge in [-0.15, -0.1) is 0 Å². The molecule has 0 spiro atoms. The van der Waals surface area contributed by atoms with Gasteiger partial charge in [0.25, 0.3) is 11.6 Å². The fourth-order valence-electron chi connectivity index (χ4n) is 3.75. The molecule has 1 N–H and O–H groups in total. The molecular formula is C24H22F2N4O4. The number of fused-ring (bicyclic) bond motifs is 1. The van der Waals surface area contributed by atoms with Gasteiger partial charge in [0.05, 0.1) is 22.3 Å². The molecular weight excluding hydrogens is 446 g/mol. The Kier molecular flexibility index (Phi) is 6.14. The fraction of sp³-hybridized carbons (Fsp3) is 0.250. The van der Waals surface area contributed by atoms with Crippen LogP contribution in [0.4, 0.5) is 14.5 Å². The van der Waals surface area contributed by atoms with Crippen molar-refractivity contribution < 1.29 is 27.3 Å². The number of likely N-dealkylation sites (N-methyl/N-ethyl adjacent to an activating group) is 1. The van der Waals surface area contributed by atoms with E-state index < -0.39 is 35.7 Å². The van der Waals surface area contributed by atoms with Gasteiger partial charge in [-0.25, -0.2) is 13.8 Å². The highest BCUT2D eigenvalue weighted by Crippen LogP contribution is 2.31. The molecule has 0 aliphatic heterocycles. The highest BCUT2D eigenvalue weighted by atomic mass is 19.1. The van der Waals surface area contributed by atoms with E-state index in [0.29, 0.717) is 33.9 Å². The van der Waals surface area contributed by atoms with Crippen LogP contribution in [0.5, 0.6) is 0 Å². The lowest BCUT2D eigenvalue weighted by Crippen LogP contribution is -2.38. The summed E-state index contributed by atoms with van der Waals surface area (Å²) in [4.78, 5) is 31.8. The summed E-state index contributed by atoms with van der Waals surface area (Å²) < 4.78 is 38.7. The Labute approximate surface area is 193 Å². The van der Waals surface area contributed by atoms with Crippen LogP contribution >= 0.6 is 0 Å². The van der Waals surface area contributed by atoms with Crippen LogP contribution in [0.25, 0.3) is 22.4 Å². The standard InChI is InChI=1S/C24H22F2N4O4/c1-5-30(11-20(31)28-22-17(25)7-6-8-18(22)26)24(32)16-10-19(15-9-12(2)33-14(15)4)27-23-21(16)13(3)29-34-23/h6-10H,5,11H2,1-4H3,(H,28,31). The largest absolute Gasteiger partial charge is 0.466 e. The predicted octanol–water partition coefficient (Wildman–Crippen LogP) is 4.79. The summed E-state index contributed by atoms with van der Waals surface area (Å²) in [6, 6.07) is 6.66. The molecule has 3 aromatic heterocycles. The first kappa shape index (κ1) is 23.1. The van der Waals surface area contributed by atoms with Gasteiger partial charge in [-0.3, -0.25) is 9.59 Å². The number of amides is 2. The van der Waals surface area contributed by atoms with Crippen LogP contribution in [0.2, 0.25) is 0 Å². The number of hydrogen-bond donors (Lipinski definition) is 1. The lowest BCUT2D eigenvalue weighted by molar-refractivity contribution is -0.116. The average molecular weight is 468 g/mol. The Bertz CT molecular complexity index is 1390. The highest BCUT2D eigenvalue weighted by molar-refractivity contribution is 6.08. The summed E-state index contributed by atoms with van der Waals surface area (Å²) in [6.45, 7) is 6.70. The third-order valence-corrected chi connectivity index (χ3v) is 5.40. The van der Waals surface area contributed by atoms with Crippen LogP contribution in [0, 0.1) is 32.4 Å². The minimum Gasteiger partial charge on any atom is -0.466 e. The van der Waals surface area contributed by atoms with Crippen molar-refractivity contribution in [2.24, 2.45) is 0 Å². The molecule has 0 unspecified atom stereocenters. The monoisotopic (exact) mass is 468 g/mol. The third kappa shape index (κ3) is 4.26. The molecule has 0 atom stereocenters. The maximum Gasteiger partial charge on any atom is 0.259 e. The van der Waals surface area contributed by atoms with Gasteiger partial charge in [-0.2, -0.15) is 0 Å². The second-order valence-corrected chi connectivity index (χ2v) is 7.79. The minimum atomic E-state index is -0.908. The van der Waals surface area contributed by atoms with Crippen molar-refractivity contribution in [3.63, 3.8) is 0 Å². The van der Waals surface area contributed by atoms with Crippen molar-refractivity contribution >= 4 is 28.6 Å². The summed E-state index contributed by atoms with van der Waals surface area (Å²) in [5.41, 5.74) is 1.46. The fourth-order valence-corrected chi connectivity index (χ4v) is 3.75. The Hall–Kier alpha value is -4.08. The van der Waals surface area contributed by atoms with Gasteiger partial charge in [0.15, 0.2) is 0 Å². The van der Waals surface area contributed by atoms with E-state index in [1.54, 1.807) is 39.8 Å². The highest BCUT2D eigenvalue weighted by Gasteiger charge is 2.25. The van der Waals surface area contributed by atoms with Crippen LogP contribution in [0.15, 0.2) is 39.3 Å². The Morgan fingerprint density at radius 2 is 1.82 bits per heavy atom. The number of para-hydroxylation sites is 1. The molecule has 0 radical (unpaired) electrons. The number of halogens is 2. The van der Waals surface area contributed by atoms with E-state index in [0.717, 1.165) is 12.1 Å². The number of carbonyl (C=O) groups excluding carboxylic acids is 2. The molecule has 10 heteroatoms. The van der Waals surface area contributed by atoms with Crippen molar-refractivity contribution in [1.82, 2.24) is 15.0 Å². The zero-order valence-corrected chi connectivity index (χ0v) is 19.0. The molecule has 0 bridgehead atoms. The van der Waals surface area contributed by atoms with Gasteiger partial charge in [-0.1, -0.05) is 11.2 Å². The number of benzene rings is 1. The molecule has 176 valence electrons. The van der Waals surface area contributed by atoms with Crippen molar-refractivity contribution in [2.45, 2.75) is 27.7 Å². The van der Waals surface area contributed by atoms with Gasteiger partial charge in [0.1, 0.15) is 35.4 Å². The number of hydrogen-bond acceptors (Lipinski definition) is 6. The van der Waals surface area contributed by atoms with Crippen LogP contribution in [0.1, 0.15) is 34.5 Å². The van der Waals surface area contributed by atoms with E-state index in [1.165, 1.54) is 11.0 Å². The summed E-state index contributed by atoms with van der Waals surface area (Å²) in [7, 11) is 0. The molecule has 1 aromatic carbocycles. The summed E-state index contributed by atoms with van der Waals surface area (Å²) >= 11 is 0. The van der Waals surface area contributed by atoms with E-state index in [9.17, 15) is 18.4 Å². The summed E-state index contributed by atoms with van der Waals surface area (Å²) in [6.07, 6.45) is 0. The van der Waals surface area contributed by atoms with E-state index in [4.69, 9.17) is 8.94 Å². The number of aryl methyl sites for hydroxylation is 3. The molecule has 34 heavy (non-hydrogen) atoms. The average Bonchev–Trinajstić information content (AvgIpc) is 3.34. The minimum absolute atomic E-state index is 0.166. The zero-order chi connectivity index (χ0) is 24.6. The first-order valence-electron chi connectivity index (χ1n) is 10.6. The lowest BCUT2D eigenvalue weighted by atomic mass is 10.0. The first-order valence-corrected chi connectivity index (χ1v) is 10.6. The Balaban J connectivity index is 1.68. The molecule has 4 aromatic rings. The van der Waals surface area contributed by atoms with Crippen molar-refractivity contribution in [3.05, 3.63) is 64.7 Å². The predicted molar refractivity (Wildman–Crippen MR) is 120 cm³/mol. The van der Waals surface area contributed by atoms with Crippen LogP contribution in [-0.4, -0.2) is 39.9 Å². The lowest BCUT2D eigenvalue weighted by Gasteiger charge is -2.21. The topological polar surface area (TPSA) is 101 Å². The molecule has 0 aliphatic carbocycles. The molecule has 0 saturated carbocycles. The molecule has 4 rings (SSSR count). The van der Waals surface area contributed by atoms with Crippen LogP contribution < -0.4 is 5.32 Å². The van der Waals surface area contributed by atoms with Gasteiger partial charge >= 0.3 is 0 Å². The quantitative estimate of drug-likeness (QED) is 0.437. The second-order valence-electron chi connectivity index (χ2n) is 7.79. The molecule has 0 saturated heterocycles. The van der Waals surface area contributed by atoms with E-state index in [2.05, 4.69) is 15.5 Å². The molecule has 0 aliphatic rings. The van der Waals surface area contributed by atoms with Crippen molar-refractivity contribution in [3.8, 4) is 11.3 Å². The van der Waals surface area contributed by atoms with E-state index in [1.807, 2.05) is 0 Å². The molecule has 0 fully saturated rings. The molecule has 2 amide bonds. The number of anilines is 1. The summed E-state index contributed by atoms with van der Waals surface area (Å²) in [5.74, 6) is -1.73. The zero-order valence-electron chi connectivity index (χ0n) is 19.0. The second kappa shape index (κ2) is 9.05. The number of nitrogens with zero attached hydrogens (tertiary/aromatic N) is 3. The maximum atomic E-state index is 13.9. The van der Waals surface area contributed by atoms with Gasteiger partial charge in [0.2, 0.25) is 5.91 Å². The number of aromatic nitrogens is 2. The Morgan fingerprint density at radius 1 is 1.12 bits per heavy atom. The van der Waals surface area contributed by atoms with Crippen LogP contribution in [-0.2, 0) is 4.79 Å².